The predicted molar refractivity (Wildman–Crippen MR) is 169 cm³/mol. The number of amides is 2. The summed E-state index contributed by atoms with van der Waals surface area (Å²) in [5, 5.41) is 4.91. The quantitative estimate of drug-likeness (QED) is 0.246. The van der Waals surface area contributed by atoms with Crippen LogP contribution in [0.15, 0.2) is 65.8 Å². The summed E-state index contributed by atoms with van der Waals surface area (Å²) >= 11 is 1.65. The number of rotatable bonds is 6. The molecule has 7 heteroatoms. The van der Waals surface area contributed by atoms with Gasteiger partial charge in [-0.2, -0.15) is 0 Å². The van der Waals surface area contributed by atoms with Gasteiger partial charge in [-0.3, -0.25) is 9.59 Å². The molecule has 1 saturated heterocycles. The second-order valence-corrected chi connectivity index (χ2v) is 13.5. The fourth-order valence-corrected chi connectivity index (χ4v) is 7.47. The number of para-hydroxylation sites is 2. The highest BCUT2D eigenvalue weighted by Gasteiger charge is 2.33. The average Bonchev–Trinajstić information content (AvgIpc) is 3.70. The van der Waals surface area contributed by atoms with Gasteiger partial charge < -0.3 is 14.8 Å². The lowest BCUT2D eigenvalue weighted by Crippen LogP contribution is -2.30. The van der Waals surface area contributed by atoms with Crippen molar-refractivity contribution in [2.45, 2.75) is 59.4 Å². The first-order valence-electron chi connectivity index (χ1n) is 14.7. The summed E-state index contributed by atoms with van der Waals surface area (Å²) in [6.07, 6.45) is 8.99. The fourth-order valence-electron chi connectivity index (χ4n) is 6.20. The van der Waals surface area contributed by atoms with Gasteiger partial charge in [-0.05, 0) is 67.2 Å². The Morgan fingerprint density at radius 3 is 2.54 bits per heavy atom. The molecule has 2 aliphatic rings. The minimum atomic E-state index is -0.103. The number of nitrogens with zero attached hydrogens (tertiary/aromatic N) is 3. The Hall–Kier alpha value is -3.71. The van der Waals surface area contributed by atoms with Crippen LogP contribution in [-0.4, -0.2) is 40.6 Å². The maximum absolute atomic E-state index is 13.7. The van der Waals surface area contributed by atoms with E-state index < -0.39 is 0 Å². The number of likely N-dealkylation sites (tertiary alicyclic amines) is 1. The third-order valence-corrected chi connectivity index (χ3v) is 9.80. The number of hydrogen-bond acceptors (Lipinski definition) is 4. The summed E-state index contributed by atoms with van der Waals surface area (Å²) in [6, 6.07) is 17.8. The summed E-state index contributed by atoms with van der Waals surface area (Å²) in [7, 11) is 0. The third-order valence-electron chi connectivity index (χ3n) is 8.63. The summed E-state index contributed by atoms with van der Waals surface area (Å²) in [5.74, 6) is 0.626. The van der Waals surface area contributed by atoms with Gasteiger partial charge in [0.25, 0.3) is 5.91 Å². The lowest BCUT2D eigenvalue weighted by molar-refractivity contribution is -0.130. The van der Waals surface area contributed by atoms with E-state index in [1.807, 2.05) is 64.3 Å². The number of carbonyl (C=O) groups excluding carboxylic acids is 2. The molecule has 1 N–H and O–H groups in total. The van der Waals surface area contributed by atoms with Gasteiger partial charge in [-0.15, -0.1) is 11.3 Å². The van der Waals surface area contributed by atoms with E-state index in [4.69, 9.17) is 4.99 Å². The van der Waals surface area contributed by atoms with Crippen molar-refractivity contribution in [1.82, 2.24) is 9.47 Å². The zero-order valence-corrected chi connectivity index (χ0v) is 25.0. The van der Waals surface area contributed by atoms with E-state index in [0.717, 1.165) is 77.9 Å². The third kappa shape index (κ3) is 5.73. The average molecular weight is 567 g/mol. The molecule has 6 rings (SSSR count). The van der Waals surface area contributed by atoms with Gasteiger partial charge in [0.1, 0.15) is 11.5 Å². The molecule has 2 amide bonds. The Bertz CT molecular complexity index is 1600. The van der Waals surface area contributed by atoms with Crippen LogP contribution in [0.25, 0.3) is 10.9 Å². The number of fused-ring (bicyclic) bond motifs is 2. The van der Waals surface area contributed by atoms with Crippen LogP contribution in [0.3, 0.4) is 0 Å². The first-order valence-corrected chi connectivity index (χ1v) is 15.5. The van der Waals surface area contributed by atoms with Crippen LogP contribution in [0.2, 0.25) is 0 Å². The molecule has 212 valence electrons. The summed E-state index contributed by atoms with van der Waals surface area (Å²) in [4.78, 5) is 34.9. The van der Waals surface area contributed by atoms with Crippen molar-refractivity contribution >= 4 is 51.0 Å². The zero-order valence-electron chi connectivity index (χ0n) is 24.2. The summed E-state index contributed by atoms with van der Waals surface area (Å²) in [5.41, 5.74) is 4.80. The van der Waals surface area contributed by atoms with E-state index in [1.54, 1.807) is 11.3 Å². The van der Waals surface area contributed by atoms with E-state index >= 15 is 0 Å². The van der Waals surface area contributed by atoms with Crippen LogP contribution in [-0.2, 0) is 24.2 Å². The topological polar surface area (TPSA) is 66.7 Å². The van der Waals surface area contributed by atoms with E-state index in [-0.39, 0.29) is 17.2 Å². The van der Waals surface area contributed by atoms with Crippen molar-refractivity contribution in [3.63, 3.8) is 0 Å². The first-order chi connectivity index (χ1) is 19.8. The minimum absolute atomic E-state index is 0.103. The second-order valence-electron chi connectivity index (χ2n) is 12.4. The second kappa shape index (κ2) is 11.3. The van der Waals surface area contributed by atoms with Gasteiger partial charge in [0, 0.05) is 52.5 Å². The van der Waals surface area contributed by atoms with Gasteiger partial charge in [-0.25, -0.2) is 4.99 Å². The van der Waals surface area contributed by atoms with Crippen molar-refractivity contribution in [3.05, 3.63) is 82.4 Å². The van der Waals surface area contributed by atoms with Crippen molar-refractivity contribution < 1.29 is 9.59 Å². The smallest absolute Gasteiger partial charge is 0.259 e. The Morgan fingerprint density at radius 2 is 1.78 bits per heavy atom. The van der Waals surface area contributed by atoms with E-state index in [9.17, 15) is 9.59 Å². The molecule has 6 nitrogen and oxygen atoms in total. The highest BCUT2D eigenvalue weighted by Crippen LogP contribution is 2.45. The Kier molecular flexibility index (Phi) is 7.56. The van der Waals surface area contributed by atoms with Gasteiger partial charge in [0.2, 0.25) is 5.91 Å². The molecule has 1 aliphatic heterocycles. The zero-order chi connectivity index (χ0) is 28.6. The van der Waals surface area contributed by atoms with Crippen LogP contribution < -0.4 is 5.32 Å². The van der Waals surface area contributed by atoms with E-state index in [0.29, 0.717) is 18.0 Å². The number of aromatic nitrogens is 1. The number of nitrogens with one attached hydrogen (secondary N) is 1. The van der Waals surface area contributed by atoms with Gasteiger partial charge >= 0.3 is 0 Å². The molecule has 0 bridgehead atoms. The van der Waals surface area contributed by atoms with Gasteiger partial charge in [-0.1, -0.05) is 57.2 Å². The largest absolute Gasteiger partial charge is 0.341 e. The van der Waals surface area contributed by atoms with Crippen LogP contribution in [0, 0.1) is 11.3 Å². The SMILES string of the molecule is CC(C)(C)[C@@H]1CCc2c(sc(N=Cc3cn(CC(=O)N4CCCC4)c4ccccc34)c2C(=O)Nc2ccccc2)C1. The maximum Gasteiger partial charge on any atom is 0.259 e. The molecule has 0 spiro atoms. The number of anilines is 1. The molecule has 0 unspecified atom stereocenters. The van der Waals surface area contributed by atoms with E-state index in [1.165, 1.54) is 4.88 Å². The minimum Gasteiger partial charge on any atom is -0.341 e. The van der Waals surface area contributed by atoms with Gasteiger partial charge in [0.15, 0.2) is 0 Å². The lowest BCUT2D eigenvalue weighted by Gasteiger charge is -2.33. The van der Waals surface area contributed by atoms with Crippen LogP contribution >= 0.6 is 11.3 Å². The van der Waals surface area contributed by atoms with Crippen molar-refractivity contribution in [2.75, 3.05) is 18.4 Å². The number of carbonyl (C=O) groups is 2. The monoisotopic (exact) mass is 566 g/mol. The fraction of sp³-hybridized carbons (Fsp3) is 0.382. The molecular weight excluding hydrogens is 528 g/mol. The van der Waals surface area contributed by atoms with Crippen LogP contribution in [0.4, 0.5) is 10.7 Å². The number of thiophene rings is 1. The van der Waals surface area contributed by atoms with Crippen molar-refractivity contribution in [3.8, 4) is 0 Å². The Morgan fingerprint density at radius 1 is 1.05 bits per heavy atom. The Balaban J connectivity index is 1.35. The first kappa shape index (κ1) is 27.5. The number of benzene rings is 2. The molecule has 1 atom stereocenters. The number of hydrogen-bond donors (Lipinski definition) is 1. The summed E-state index contributed by atoms with van der Waals surface area (Å²) in [6.45, 7) is 8.94. The molecule has 2 aromatic carbocycles. The van der Waals surface area contributed by atoms with E-state index in [2.05, 4.69) is 38.2 Å². The summed E-state index contributed by atoms with van der Waals surface area (Å²) < 4.78 is 2.04. The van der Waals surface area contributed by atoms with Crippen LogP contribution in [0.1, 0.15) is 66.4 Å². The predicted octanol–water partition coefficient (Wildman–Crippen LogP) is 7.48. The molecular formula is C34H38N4O2S. The molecule has 2 aromatic heterocycles. The standard InChI is InChI=1S/C34H38N4O2S/c1-34(2,3)24-15-16-27-29(19-24)41-33(31(27)32(40)36-25-11-5-4-6-12-25)35-20-23-21-38(28-14-8-7-13-26(23)28)22-30(39)37-17-9-10-18-37/h4-8,11-14,20-21,24H,9-10,15-19,22H2,1-3H3,(H,36,40)/t24-/m1/s1. The highest BCUT2D eigenvalue weighted by atomic mass is 32.1. The van der Waals surface area contributed by atoms with Crippen LogP contribution in [0.5, 0.6) is 0 Å². The molecule has 41 heavy (non-hydrogen) atoms. The molecule has 1 aliphatic carbocycles. The molecule has 0 saturated carbocycles. The lowest BCUT2D eigenvalue weighted by atomic mass is 9.72. The number of aliphatic imine (C=N–C) groups is 1. The molecule has 4 aromatic rings. The van der Waals surface area contributed by atoms with Crippen molar-refractivity contribution in [2.24, 2.45) is 16.3 Å². The highest BCUT2D eigenvalue weighted by molar-refractivity contribution is 7.16. The molecule has 0 radical (unpaired) electrons. The maximum atomic E-state index is 13.7. The normalized spacial score (nSPS) is 17.3. The molecule has 1 fully saturated rings. The van der Waals surface area contributed by atoms with Gasteiger partial charge in [0.05, 0.1) is 5.56 Å². The van der Waals surface area contributed by atoms with Crippen molar-refractivity contribution in [1.29, 1.82) is 0 Å². The molecule has 3 heterocycles. The Labute approximate surface area is 246 Å².